The number of aryl methyl sites for hydroxylation is 1. The number of hydrogen-bond acceptors (Lipinski definition) is 5. The molecule has 0 saturated heterocycles. The molecule has 5 nitrogen and oxygen atoms in total. The van der Waals surface area contributed by atoms with Gasteiger partial charge in [0.2, 0.25) is 5.88 Å². The lowest BCUT2D eigenvalue weighted by Crippen LogP contribution is -2.02. The molecule has 0 spiro atoms. The highest BCUT2D eigenvalue weighted by Crippen LogP contribution is 2.34. The zero-order valence-electron chi connectivity index (χ0n) is 21.4. The third-order valence-electron chi connectivity index (χ3n) is 6.57. The van der Waals surface area contributed by atoms with Gasteiger partial charge in [-0.05, 0) is 56.2 Å². The molecule has 34 heavy (non-hydrogen) atoms. The molecule has 1 aliphatic rings. The van der Waals surface area contributed by atoms with Crippen LogP contribution in [0.4, 0.5) is 0 Å². The molecular weight excluding hydrogens is 422 g/mol. The number of pyridine rings is 1. The van der Waals surface area contributed by atoms with Gasteiger partial charge in [0.15, 0.2) is 0 Å². The monoisotopic (exact) mass is 467 g/mol. The summed E-state index contributed by atoms with van der Waals surface area (Å²) in [4.78, 5) is 4.42. The summed E-state index contributed by atoms with van der Waals surface area (Å²) in [6.45, 7) is 4.52. The average Bonchev–Trinajstić information content (AvgIpc) is 3.70. The summed E-state index contributed by atoms with van der Waals surface area (Å²) in [5.74, 6) is 1.75. The highest BCUT2D eigenvalue weighted by molar-refractivity contribution is 5.57. The van der Waals surface area contributed by atoms with Crippen LogP contribution in [0.5, 0.6) is 5.88 Å². The first-order chi connectivity index (χ1) is 16.8. The number of nitrogens with zero attached hydrogens (tertiary/aromatic N) is 3. The van der Waals surface area contributed by atoms with Gasteiger partial charge in [0.1, 0.15) is 0 Å². The summed E-state index contributed by atoms with van der Waals surface area (Å²) in [6, 6.07) is 8.07. The van der Waals surface area contributed by atoms with E-state index in [4.69, 9.17) is 9.47 Å². The van der Waals surface area contributed by atoms with Crippen molar-refractivity contribution in [3.8, 4) is 17.1 Å². The van der Waals surface area contributed by atoms with Crippen LogP contribution in [0.2, 0.25) is 0 Å². The number of ether oxygens (including phenoxy) is 2. The molecule has 2 aromatic heterocycles. The smallest absolute Gasteiger partial charge is 0.213 e. The van der Waals surface area contributed by atoms with Crippen LogP contribution in [-0.4, -0.2) is 35.0 Å². The minimum Gasteiger partial charge on any atom is -0.478 e. The van der Waals surface area contributed by atoms with Crippen LogP contribution >= 0.6 is 0 Å². The number of rotatable bonds is 20. The van der Waals surface area contributed by atoms with Gasteiger partial charge in [-0.2, -0.15) is 10.2 Å². The van der Waals surface area contributed by atoms with Crippen LogP contribution in [0, 0.1) is 5.92 Å². The normalized spacial score (nSPS) is 13.3. The molecule has 2 aromatic rings. The van der Waals surface area contributed by atoms with E-state index >= 15 is 0 Å². The molecule has 1 aliphatic carbocycles. The van der Waals surface area contributed by atoms with Crippen molar-refractivity contribution < 1.29 is 9.47 Å². The molecule has 2 heterocycles. The van der Waals surface area contributed by atoms with Crippen molar-refractivity contribution in [3.63, 3.8) is 0 Å². The van der Waals surface area contributed by atoms with Gasteiger partial charge in [-0.1, -0.05) is 71.1 Å². The minimum atomic E-state index is 0.656. The van der Waals surface area contributed by atoms with E-state index in [0.717, 1.165) is 61.8 Å². The highest BCUT2D eigenvalue weighted by atomic mass is 16.5. The molecule has 188 valence electrons. The molecule has 0 atom stereocenters. The standard InChI is InChI=1S/C29H45N3O2/c1-2-3-21-33-22-11-12-23-34-29-20-17-26(24-30-29)28-19-18-27(31-32-28)14-10-8-6-4-5-7-9-13-25-15-16-25/h17-20,24-25H,2-16,21-23H2,1H3. The summed E-state index contributed by atoms with van der Waals surface area (Å²) < 4.78 is 11.3. The summed E-state index contributed by atoms with van der Waals surface area (Å²) >= 11 is 0. The van der Waals surface area contributed by atoms with E-state index in [0.29, 0.717) is 12.5 Å². The largest absolute Gasteiger partial charge is 0.478 e. The van der Waals surface area contributed by atoms with Crippen molar-refractivity contribution in [2.24, 2.45) is 5.92 Å². The zero-order valence-corrected chi connectivity index (χ0v) is 21.4. The fourth-order valence-electron chi connectivity index (χ4n) is 4.13. The first kappa shape index (κ1) is 26.6. The van der Waals surface area contributed by atoms with E-state index in [1.165, 1.54) is 70.6 Å². The average molecular weight is 468 g/mol. The van der Waals surface area contributed by atoms with Gasteiger partial charge in [-0.15, -0.1) is 0 Å². The predicted molar refractivity (Wildman–Crippen MR) is 139 cm³/mol. The van der Waals surface area contributed by atoms with Crippen molar-refractivity contribution in [1.82, 2.24) is 15.2 Å². The van der Waals surface area contributed by atoms with Gasteiger partial charge in [0.25, 0.3) is 0 Å². The van der Waals surface area contributed by atoms with Crippen molar-refractivity contribution in [2.45, 2.75) is 103 Å². The van der Waals surface area contributed by atoms with Crippen LogP contribution in [0.3, 0.4) is 0 Å². The van der Waals surface area contributed by atoms with Gasteiger partial charge in [0.05, 0.1) is 18.0 Å². The molecule has 1 saturated carbocycles. The second-order valence-corrected chi connectivity index (χ2v) is 9.77. The lowest BCUT2D eigenvalue weighted by Gasteiger charge is -2.07. The van der Waals surface area contributed by atoms with Crippen molar-refractivity contribution in [2.75, 3.05) is 19.8 Å². The van der Waals surface area contributed by atoms with Crippen molar-refractivity contribution in [3.05, 3.63) is 36.2 Å². The molecular formula is C29H45N3O2. The summed E-state index contributed by atoms with van der Waals surface area (Å²) in [6.07, 6.45) is 21.2. The Morgan fingerprint density at radius 3 is 2.24 bits per heavy atom. The topological polar surface area (TPSA) is 57.1 Å². The molecule has 0 aliphatic heterocycles. The maximum atomic E-state index is 5.74. The first-order valence-electron chi connectivity index (χ1n) is 13.8. The Labute approximate surface area is 207 Å². The molecule has 5 heteroatoms. The first-order valence-corrected chi connectivity index (χ1v) is 13.8. The van der Waals surface area contributed by atoms with E-state index in [1.54, 1.807) is 0 Å². The lowest BCUT2D eigenvalue weighted by atomic mass is 10.1. The molecule has 3 rings (SSSR count). The van der Waals surface area contributed by atoms with Crippen LogP contribution < -0.4 is 4.74 Å². The summed E-state index contributed by atoms with van der Waals surface area (Å²) in [5.41, 5.74) is 2.91. The van der Waals surface area contributed by atoms with Crippen molar-refractivity contribution >= 4 is 0 Å². The Morgan fingerprint density at radius 1 is 0.765 bits per heavy atom. The van der Waals surface area contributed by atoms with Gasteiger partial charge in [-0.3, -0.25) is 0 Å². The Balaban J connectivity index is 1.23. The quantitative estimate of drug-likeness (QED) is 0.188. The second kappa shape index (κ2) is 16.6. The third kappa shape index (κ3) is 11.4. The summed E-state index contributed by atoms with van der Waals surface area (Å²) in [7, 11) is 0. The number of hydrogen-bond donors (Lipinski definition) is 0. The van der Waals surface area contributed by atoms with Crippen molar-refractivity contribution in [1.29, 1.82) is 0 Å². The highest BCUT2D eigenvalue weighted by Gasteiger charge is 2.19. The van der Waals surface area contributed by atoms with E-state index in [9.17, 15) is 0 Å². The van der Waals surface area contributed by atoms with E-state index in [1.807, 2.05) is 18.3 Å². The van der Waals surface area contributed by atoms with Crippen LogP contribution in [0.15, 0.2) is 30.5 Å². The summed E-state index contributed by atoms with van der Waals surface area (Å²) in [5, 5.41) is 8.85. The molecule has 0 aromatic carbocycles. The fourth-order valence-corrected chi connectivity index (χ4v) is 4.13. The Morgan fingerprint density at radius 2 is 1.53 bits per heavy atom. The molecule has 1 fully saturated rings. The fraction of sp³-hybridized carbons (Fsp3) is 0.690. The molecule has 0 unspecified atom stereocenters. The maximum absolute atomic E-state index is 5.74. The van der Waals surface area contributed by atoms with Gasteiger partial charge in [0, 0.05) is 31.0 Å². The van der Waals surface area contributed by atoms with Crippen LogP contribution in [0.1, 0.15) is 103 Å². The minimum absolute atomic E-state index is 0.656. The van der Waals surface area contributed by atoms with E-state index < -0.39 is 0 Å². The van der Waals surface area contributed by atoms with Gasteiger partial charge in [-0.25, -0.2) is 4.98 Å². The third-order valence-corrected chi connectivity index (χ3v) is 6.57. The van der Waals surface area contributed by atoms with Gasteiger partial charge >= 0.3 is 0 Å². The van der Waals surface area contributed by atoms with Crippen LogP contribution in [-0.2, 0) is 11.2 Å². The second-order valence-electron chi connectivity index (χ2n) is 9.77. The van der Waals surface area contributed by atoms with E-state index in [-0.39, 0.29) is 0 Å². The molecule has 0 bridgehead atoms. The SMILES string of the molecule is CCCCOCCCCOc1ccc(-c2ccc(CCCCCCCCCC3CC3)nn2)cn1. The van der Waals surface area contributed by atoms with E-state index in [2.05, 4.69) is 34.2 Å². The number of unbranched alkanes of at least 4 members (excludes halogenated alkanes) is 8. The Hall–Kier alpha value is -2.01. The van der Waals surface area contributed by atoms with Crippen LogP contribution in [0.25, 0.3) is 11.3 Å². The predicted octanol–water partition coefficient (Wildman–Crippen LogP) is 7.59. The molecule has 0 amide bonds. The maximum Gasteiger partial charge on any atom is 0.213 e. The Kier molecular flexibility index (Phi) is 13.0. The zero-order chi connectivity index (χ0) is 23.7. The molecule has 0 radical (unpaired) electrons. The number of aromatic nitrogens is 3. The lowest BCUT2D eigenvalue weighted by molar-refractivity contribution is 0.123. The Bertz CT molecular complexity index is 760. The molecule has 0 N–H and O–H groups in total. The van der Waals surface area contributed by atoms with Gasteiger partial charge < -0.3 is 9.47 Å².